The predicted molar refractivity (Wildman–Crippen MR) is 275 cm³/mol. The normalized spacial score (nSPS) is 12.3. The number of benzene rings is 8. The molecule has 2 heteroatoms. The van der Waals surface area contributed by atoms with Crippen molar-refractivity contribution in [2.45, 2.75) is 78.7 Å². The van der Waals surface area contributed by atoms with Gasteiger partial charge in [-0.3, -0.25) is 0 Å². The number of hydrogen-bond donors (Lipinski definition) is 0. The standard InChI is InChI=1S/C60H58S2/c1-9-57(59-53(47-27-15-41(5)16-28-47)35-51(45-23-11-39(3)12-24-45)36-54(59)48-29-17-42(6)18-30-48)61-62-58(10-2)60-55(49-31-19-43(7)20-32-49)37-52(46-25-13-40(4)14-26-46)38-56(60)50-33-21-44(8)22-34-50/h11-38,57-58H,9-10H2,1-8H3/t57-,58-/m1/s1. The Balaban J connectivity index is 1.30. The van der Waals surface area contributed by atoms with Crippen LogP contribution in [0, 0.1) is 41.5 Å². The van der Waals surface area contributed by atoms with E-state index in [0.29, 0.717) is 0 Å². The molecular formula is C60H58S2. The smallest absolute Gasteiger partial charge is 0.0410 e. The minimum atomic E-state index is 0.228. The third-order valence-corrected chi connectivity index (χ3v) is 15.7. The fraction of sp³-hybridized carbons (Fsp3) is 0.200. The Morgan fingerprint density at radius 3 is 0.661 bits per heavy atom. The van der Waals surface area contributed by atoms with Crippen LogP contribution in [0.25, 0.3) is 66.8 Å². The Hall–Kier alpha value is -5.54. The van der Waals surface area contributed by atoms with Gasteiger partial charge in [0.05, 0.1) is 0 Å². The highest BCUT2D eigenvalue weighted by Gasteiger charge is 2.27. The van der Waals surface area contributed by atoms with Gasteiger partial charge in [0.2, 0.25) is 0 Å². The third kappa shape index (κ3) is 9.58. The van der Waals surface area contributed by atoms with Crippen LogP contribution in [0.2, 0.25) is 0 Å². The van der Waals surface area contributed by atoms with Crippen LogP contribution in [0.15, 0.2) is 170 Å². The van der Waals surface area contributed by atoms with E-state index in [1.807, 2.05) is 0 Å². The van der Waals surface area contributed by atoms with E-state index in [1.165, 1.54) is 111 Å². The molecule has 8 rings (SSSR count). The second-order valence-electron chi connectivity index (χ2n) is 17.2. The lowest BCUT2D eigenvalue weighted by Gasteiger charge is -2.28. The van der Waals surface area contributed by atoms with Crippen molar-refractivity contribution in [3.63, 3.8) is 0 Å². The molecule has 0 nitrogen and oxygen atoms in total. The Labute approximate surface area is 379 Å². The summed E-state index contributed by atoms with van der Waals surface area (Å²) in [5.74, 6) is 0. The average Bonchev–Trinajstić information content (AvgIpc) is 3.29. The molecule has 0 aliphatic heterocycles. The van der Waals surface area contributed by atoms with Gasteiger partial charge in [-0.05, 0) is 157 Å². The van der Waals surface area contributed by atoms with Crippen molar-refractivity contribution < 1.29 is 0 Å². The van der Waals surface area contributed by atoms with Crippen LogP contribution >= 0.6 is 21.6 Å². The molecule has 0 aliphatic rings. The highest BCUT2D eigenvalue weighted by molar-refractivity contribution is 8.76. The number of aryl methyl sites for hydroxylation is 6. The van der Waals surface area contributed by atoms with Gasteiger partial charge >= 0.3 is 0 Å². The van der Waals surface area contributed by atoms with Gasteiger partial charge in [-0.1, -0.05) is 214 Å². The van der Waals surface area contributed by atoms with Crippen molar-refractivity contribution in [1.82, 2.24) is 0 Å². The van der Waals surface area contributed by atoms with E-state index in [1.54, 1.807) is 0 Å². The van der Waals surface area contributed by atoms with Gasteiger partial charge in [0, 0.05) is 10.5 Å². The molecule has 8 aromatic carbocycles. The molecule has 0 heterocycles. The van der Waals surface area contributed by atoms with Gasteiger partial charge in [-0.2, -0.15) is 0 Å². The molecule has 0 N–H and O–H groups in total. The molecule has 0 spiro atoms. The largest absolute Gasteiger partial charge is 0.0852 e. The van der Waals surface area contributed by atoms with Crippen molar-refractivity contribution in [3.05, 3.63) is 214 Å². The van der Waals surface area contributed by atoms with E-state index in [4.69, 9.17) is 0 Å². The molecule has 0 aromatic heterocycles. The van der Waals surface area contributed by atoms with Crippen LogP contribution in [0.1, 0.15) is 81.7 Å². The van der Waals surface area contributed by atoms with Crippen LogP contribution in [0.4, 0.5) is 0 Å². The van der Waals surface area contributed by atoms with Crippen LogP contribution in [0.3, 0.4) is 0 Å². The number of rotatable bonds is 13. The van der Waals surface area contributed by atoms with Crippen molar-refractivity contribution >= 4 is 21.6 Å². The summed E-state index contributed by atoms with van der Waals surface area (Å²) in [5, 5.41) is 0.456. The molecule has 0 amide bonds. The molecule has 0 radical (unpaired) electrons. The molecule has 0 saturated carbocycles. The quantitative estimate of drug-likeness (QED) is 0.106. The van der Waals surface area contributed by atoms with Crippen molar-refractivity contribution in [2.24, 2.45) is 0 Å². The van der Waals surface area contributed by atoms with Gasteiger partial charge in [0.1, 0.15) is 0 Å². The van der Waals surface area contributed by atoms with Gasteiger partial charge in [-0.15, -0.1) is 0 Å². The summed E-state index contributed by atoms with van der Waals surface area (Å²) in [7, 11) is 4.12. The molecule has 0 saturated heterocycles. The summed E-state index contributed by atoms with van der Waals surface area (Å²) in [4.78, 5) is 0. The van der Waals surface area contributed by atoms with E-state index in [0.717, 1.165) is 12.8 Å². The Morgan fingerprint density at radius 2 is 0.468 bits per heavy atom. The molecule has 0 unspecified atom stereocenters. The van der Waals surface area contributed by atoms with Crippen LogP contribution in [0.5, 0.6) is 0 Å². The summed E-state index contributed by atoms with van der Waals surface area (Å²) in [6, 6.07) is 64.5. The van der Waals surface area contributed by atoms with E-state index in [2.05, 4.69) is 247 Å². The zero-order valence-electron chi connectivity index (χ0n) is 37.6. The first-order chi connectivity index (χ1) is 30.1. The van der Waals surface area contributed by atoms with E-state index < -0.39 is 0 Å². The molecule has 62 heavy (non-hydrogen) atoms. The summed E-state index contributed by atoms with van der Waals surface area (Å²) in [6.45, 7) is 17.8. The minimum Gasteiger partial charge on any atom is -0.0852 e. The van der Waals surface area contributed by atoms with Gasteiger partial charge < -0.3 is 0 Å². The SMILES string of the molecule is CC[C@@H](SS[C@H](CC)c1c(-c2ccc(C)cc2)cc(-c2ccc(C)cc2)cc1-c1ccc(C)cc1)c1c(-c2ccc(C)cc2)cc(-c2ccc(C)cc2)cc1-c1ccc(C)cc1. The predicted octanol–water partition coefficient (Wildman–Crippen LogP) is 18.5. The lowest BCUT2D eigenvalue weighted by molar-refractivity contribution is 0.897. The Kier molecular flexibility index (Phi) is 13.4. The second kappa shape index (κ2) is 19.2. The monoisotopic (exact) mass is 842 g/mol. The highest BCUT2D eigenvalue weighted by Crippen LogP contribution is 2.56. The average molecular weight is 843 g/mol. The topological polar surface area (TPSA) is 0 Å². The highest BCUT2D eigenvalue weighted by atomic mass is 33.1. The minimum absolute atomic E-state index is 0.228. The third-order valence-electron chi connectivity index (χ3n) is 12.3. The van der Waals surface area contributed by atoms with Gasteiger partial charge in [-0.25, -0.2) is 0 Å². The first-order valence-corrected chi connectivity index (χ1v) is 24.5. The van der Waals surface area contributed by atoms with E-state index in [9.17, 15) is 0 Å². The molecule has 0 aliphatic carbocycles. The van der Waals surface area contributed by atoms with Crippen LogP contribution in [-0.4, -0.2) is 0 Å². The summed E-state index contributed by atoms with van der Waals surface area (Å²) in [5.41, 5.74) is 25.7. The lowest BCUT2D eigenvalue weighted by Crippen LogP contribution is -2.03. The van der Waals surface area contributed by atoms with Gasteiger partial charge in [0.15, 0.2) is 0 Å². The van der Waals surface area contributed by atoms with Gasteiger partial charge in [0.25, 0.3) is 0 Å². The molecule has 0 bridgehead atoms. The molecular weight excluding hydrogens is 785 g/mol. The summed E-state index contributed by atoms with van der Waals surface area (Å²) >= 11 is 0. The van der Waals surface area contributed by atoms with Crippen molar-refractivity contribution in [1.29, 1.82) is 0 Å². The first kappa shape index (κ1) is 43.1. The maximum atomic E-state index is 2.46. The molecule has 2 atom stereocenters. The summed E-state index contributed by atoms with van der Waals surface area (Å²) in [6.07, 6.45) is 2.00. The Bertz CT molecular complexity index is 2430. The number of hydrogen-bond acceptors (Lipinski definition) is 2. The van der Waals surface area contributed by atoms with Crippen molar-refractivity contribution in [2.75, 3.05) is 0 Å². The first-order valence-electron chi connectivity index (χ1n) is 22.2. The maximum Gasteiger partial charge on any atom is 0.0410 e. The lowest BCUT2D eigenvalue weighted by atomic mass is 9.85. The van der Waals surface area contributed by atoms with Crippen LogP contribution in [-0.2, 0) is 0 Å². The van der Waals surface area contributed by atoms with E-state index in [-0.39, 0.29) is 10.5 Å². The maximum absolute atomic E-state index is 2.46. The molecule has 0 fully saturated rings. The fourth-order valence-electron chi connectivity index (χ4n) is 8.49. The Morgan fingerprint density at radius 1 is 0.274 bits per heavy atom. The fourth-order valence-corrected chi connectivity index (χ4v) is 11.9. The van der Waals surface area contributed by atoms with E-state index >= 15 is 0 Å². The second-order valence-corrected chi connectivity index (χ2v) is 19.8. The van der Waals surface area contributed by atoms with Crippen LogP contribution < -0.4 is 0 Å². The molecule has 310 valence electrons. The summed E-state index contributed by atoms with van der Waals surface area (Å²) < 4.78 is 0. The zero-order chi connectivity index (χ0) is 43.3. The zero-order valence-corrected chi connectivity index (χ0v) is 39.2. The van der Waals surface area contributed by atoms with Crippen molar-refractivity contribution in [3.8, 4) is 66.8 Å². The molecule has 8 aromatic rings.